The second-order valence-electron chi connectivity index (χ2n) is 6.51. The number of methoxy groups -OCH3 is 1. The number of ether oxygens (including phenoxy) is 2. The molecule has 1 saturated heterocycles. The van der Waals surface area contributed by atoms with E-state index in [1.54, 1.807) is 17.0 Å². The molecule has 1 amide bonds. The molecule has 0 bridgehead atoms. The maximum atomic E-state index is 12.6. The lowest BCUT2D eigenvalue weighted by molar-refractivity contribution is -0.137. The van der Waals surface area contributed by atoms with Crippen molar-refractivity contribution in [2.75, 3.05) is 25.2 Å². The SMILES string of the molecule is COc1ccc(Cl)cc1C(=O)OCC(=O)N(C1CC1)[C@H]1CCS(=O)(=O)C1. The van der Waals surface area contributed by atoms with Gasteiger partial charge in [-0.05, 0) is 37.5 Å². The van der Waals surface area contributed by atoms with Gasteiger partial charge in [0.25, 0.3) is 5.91 Å². The number of amides is 1. The number of esters is 1. The molecule has 1 heterocycles. The second-order valence-corrected chi connectivity index (χ2v) is 9.17. The van der Waals surface area contributed by atoms with Crippen LogP contribution in [-0.4, -0.2) is 62.5 Å². The third kappa shape index (κ3) is 4.29. The zero-order valence-electron chi connectivity index (χ0n) is 14.3. The number of halogens is 1. The van der Waals surface area contributed by atoms with Crippen molar-refractivity contribution in [2.45, 2.75) is 31.3 Å². The van der Waals surface area contributed by atoms with Gasteiger partial charge in [0, 0.05) is 17.1 Å². The van der Waals surface area contributed by atoms with Gasteiger partial charge in [-0.15, -0.1) is 0 Å². The summed E-state index contributed by atoms with van der Waals surface area (Å²) in [5.41, 5.74) is 0.134. The molecule has 0 radical (unpaired) electrons. The highest BCUT2D eigenvalue weighted by Crippen LogP contribution is 2.32. The van der Waals surface area contributed by atoms with Gasteiger partial charge in [-0.3, -0.25) is 4.79 Å². The summed E-state index contributed by atoms with van der Waals surface area (Å²) in [6.07, 6.45) is 2.12. The lowest BCUT2D eigenvalue weighted by Gasteiger charge is -2.28. The Kier molecular flexibility index (Phi) is 5.43. The average molecular weight is 402 g/mol. The van der Waals surface area contributed by atoms with Gasteiger partial charge in [0.05, 0.1) is 18.6 Å². The maximum Gasteiger partial charge on any atom is 0.342 e. The number of sulfone groups is 1. The Morgan fingerprint density at radius 2 is 1.96 bits per heavy atom. The van der Waals surface area contributed by atoms with Crippen LogP contribution in [0.25, 0.3) is 0 Å². The highest BCUT2D eigenvalue weighted by atomic mass is 35.5. The van der Waals surface area contributed by atoms with Crippen LogP contribution in [0.2, 0.25) is 5.02 Å². The van der Waals surface area contributed by atoms with Crippen LogP contribution in [0.5, 0.6) is 5.75 Å². The topological polar surface area (TPSA) is 90.0 Å². The lowest BCUT2D eigenvalue weighted by atomic mass is 10.2. The summed E-state index contributed by atoms with van der Waals surface area (Å²) in [6, 6.07) is 4.24. The van der Waals surface area contributed by atoms with E-state index in [2.05, 4.69) is 0 Å². The van der Waals surface area contributed by atoms with E-state index in [9.17, 15) is 18.0 Å². The van der Waals surface area contributed by atoms with Gasteiger partial charge >= 0.3 is 5.97 Å². The van der Waals surface area contributed by atoms with Gasteiger partial charge in [0.2, 0.25) is 0 Å². The van der Waals surface area contributed by atoms with Crippen molar-refractivity contribution in [3.05, 3.63) is 28.8 Å². The summed E-state index contributed by atoms with van der Waals surface area (Å²) in [6.45, 7) is -0.443. The van der Waals surface area contributed by atoms with Gasteiger partial charge in [0.1, 0.15) is 11.3 Å². The lowest BCUT2D eigenvalue weighted by Crippen LogP contribution is -2.44. The number of benzene rings is 1. The van der Waals surface area contributed by atoms with Crippen molar-refractivity contribution in [1.29, 1.82) is 0 Å². The van der Waals surface area contributed by atoms with E-state index in [1.165, 1.54) is 13.2 Å². The molecule has 0 unspecified atom stereocenters. The van der Waals surface area contributed by atoms with Crippen LogP contribution in [0.1, 0.15) is 29.6 Å². The van der Waals surface area contributed by atoms with Gasteiger partial charge in [-0.1, -0.05) is 11.6 Å². The predicted molar refractivity (Wildman–Crippen MR) is 95.2 cm³/mol. The molecule has 1 aliphatic heterocycles. The Balaban J connectivity index is 1.65. The van der Waals surface area contributed by atoms with Crippen LogP contribution in [0.4, 0.5) is 0 Å². The molecule has 142 valence electrons. The maximum absolute atomic E-state index is 12.6. The number of carbonyl (C=O) groups is 2. The third-order valence-corrected chi connectivity index (χ3v) is 6.52. The minimum absolute atomic E-state index is 0.0225. The molecule has 0 spiro atoms. The normalized spacial score (nSPS) is 21.2. The quantitative estimate of drug-likeness (QED) is 0.674. The number of nitrogens with zero attached hydrogens (tertiary/aromatic N) is 1. The van der Waals surface area contributed by atoms with Crippen molar-refractivity contribution in [3.63, 3.8) is 0 Å². The standard InChI is InChI=1S/C17H20ClNO6S/c1-24-15-5-2-11(18)8-14(15)17(21)25-9-16(20)19(12-3-4-12)13-6-7-26(22,23)10-13/h2,5,8,12-13H,3-4,6-7,9-10H2,1H3/t13-/m0/s1. The molecule has 1 atom stereocenters. The zero-order chi connectivity index (χ0) is 18.9. The highest BCUT2D eigenvalue weighted by molar-refractivity contribution is 7.91. The van der Waals surface area contributed by atoms with Crippen molar-refractivity contribution in [1.82, 2.24) is 4.90 Å². The molecule has 9 heteroatoms. The summed E-state index contributed by atoms with van der Waals surface area (Å²) >= 11 is 5.90. The van der Waals surface area contributed by atoms with Crippen molar-refractivity contribution in [2.24, 2.45) is 0 Å². The Morgan fingerprint density at radius 3 is 2.54 bits per heavy atom. The summed E-state index contributed by atoms with van der Waals surface area (Å²) in [4.78, 5) is 26.5. The molecule has 1 aromatic rings. The molecular weight excluding hydrogens is 382 g/mol. The molecule has 26 heavy (non-hydrogen) atoms. The van der Waals surface area contributed by atoms with Crippen molar-refractivity contribution < 1.29 is 27.5 Å². The zero-order valence-corrected chi connectivity index (χ0v) is 15.9. The smallest absolute Gasteiger partial charge is 0.342 e. The van der Waals surface area contributed by atoms with Crippen LogP contribution < -0.4 is 4.74 Å². The Hall–Kier alpha value is -1.80. The first kappa shape index (κ1) is 19.0. The molecule has 0 aromatic heterocycles. The average Bonchev–Trinajstić information content (AvgIpc) is 3.36. The fraction of sp³-hybridized carbons (Fsp3) is 0.529. The predicted octanol–water partition coefficient (Wildman–Crippen LogP) is 1.68. The summed E-state index contributed by atoms with van der Waals surface area (Å²) in [5.74, 6) is -0.719. The first-order chi connectivity index (χ1) is 12.3. The molecule has 2 fully saturated rings. The minimum Gasteiger partial charge on any atom is -0.496 e. The third-order valence-electron chi connectivity index (χ3n) is 4.54. The van der Waals surface area contributed by atoms with E-state index < -0.39 is 22.4 Å². The number of hydrogen-bond donors (Lipinski definition) is 0. The van der Waals surface area contributed by atoms with E-state index >= 15 is 0 Å². The highest BCUT2D eigenvalue weighted by Gasteiger charge is 2.42. The largest absolute Gasteiger partial charge is 0.496 e. The molecule has 0 N–H and O–H groups in total. The van der Waals surface area contributed by atoms with Gasteiger partial charge in [0.15, 0.2) is 16.4 Å². The van der Waals surface area contributed by atoms with Gasteiger partial charge in [-0.25, -0.2) is 13.2 Å². The first-order valence-corrected chi connectivity index (χ1v) is 10.5. The van der Waals surface area contributed by atoms with E-state index in [1.807, 2.05) is 0 Å². The molecule has 3 rings (SSSR count). The van der Waals surface area contributed by atoms with Crippen molar-refractivity contribution in [3.8, 4) is 5.75 Å². The summed E-state index contributed by atoms with van der Waals surface area (Å²) in [7, 11) is -1.68. The molecule has 1 aliphatic carbocycles. The summed E-state index contributed by atoms with van der Waals surface area (Å²) < 4.78 is 33.7. The monoisotopic (exact) mass is 401 g/mol. The first-order valence-electron chi connectivity index (χ1n) is 8.33. The van der Waals surface area contributed by atoms with Crippen molar-refractivity contribution >= 4 is 33.3 Å². The van der Waals surface area contributed by atoms with Gasteiger partial charge in [-0.2, -0.15) is 0 Å². The Labute approximate surface area is 157 Å². The van der Waals surface area contributed by atoms with E-state index in [0.29, 0.717) is 17.2 Å². The van der Waals surface area contributed by atoms with E-state index in [-0.39, 0.29) is 35.1 Å². The van der Waals surface area contributed by atoms with Crippen LogP contribution >= 0.6 is 11.6 Å². The number of carbonyl (C=O) groups excluding carboxylic acids is 2. The molecule has 1 aromatic carbocycles. The fourth-order valence-corrected chi connectivity index (χ4v) is 5.06. The molecular formula is C17H20ClNO6S. The molecule has 7 nitrogen and oxygen atoms in total. The summed E-state index contributed by atoms with van der Waals surface area (Å²) in [5, 5.41) is 0.347. The van der Waals surface area contributed by atoms with Crippen LogP contribution in [0.15, 0.2) is 18.2 Å². The second kappa shape index (κ2) is 7.44. The fourth-order valence-electron chi connectivity index (χ4n) is 3.17. The molecule has 1 saturated carbocycles. The Bertz CT molecular complexity index is 821. The van der Waals surface area contributed by atoms with Crippen LogP contribution in [-0.2, 0) is 19.4 Å². The molecule has 2 aliphatic rings. The number of hydrogen-bond acceptors (Lipinski definition) is 6. The van der Waals surface area contributed by atoms with E-state index in [4.69, 9.17) is 21.1 Å². The van der Waals surface area contributed by atoms with E-state index in [0.717, 1.165) is 12.8 Å². The van der Waals surface area contributed by atoms with Crippen LogP contribution in [0, 0.1) is 0 Å². The Morgan fingerprint density at radius 1 is 1.23 bits per heavy atom. The van der Waals surface area contributed by atoms with Crippen LogP contribution in [0.3, 0.4) is 0 Å². The minimum atomic E-state index is -3.10. The number of rotatable bonds is 6. The van der Waals surface area contributed by atoms with Gasteiger partial charge < -0.3 is 14.4 Å².